The molecule has 0 spiro atoms. The number of carbonyl (C=O) groups excluding carboxylic acids is 1. The highest BCUT2D eigenvalue weighted by Gasteiger charge is 2.41. The first kappa shape index (κ1) is 17.3. The van der Waals surface area contributed by atoms with Crippen molar-refractivity contribution in [2.24, 2.45) is 5.41 Å². The van der Waals surface area contributed by atoms with Crippen molar-refractivity contribution < 1.29 is 19.4 Å². The summed E-state index contributed by atoms with van der Waals surface area (Å²) in [5.41, 5.74) is 0.277. The van der Waals surface area contributed by atoms with Crippen molar-refractivity contribution in [3.05, 3.63) is 29.8 Å². The number of likely N-dealkylation sites (tertiary alicyclic amines) is 1. The van der Waals surface area contributed by atoms with E-state index in [1.165, 1.54) is 0 Å². The highest BCUT2D eigenvalue weighted by molar-refractivity contribution is 5.80. The fourth-order valence-corrected chi connectivity index (χ4v) is 3.20. The van der Waals surface area contributed by atoms with E-state index in [2.05, 4.69) is 0 Å². The number of nitrogens with zero attached hydrogens (tertiary/aromatic N) is 1. The molecular weight excluding hydrogens is 294 g/mol. The molecule has 23 heavy (non-hydrogen) atoms. The minimum absolute atomic E-state index is 0.0339. The lowest BCUT2D eigenvalue weighted by Gasteiger charge is -2.39. The van der Waals surface area contributed by atoms with Gasteiger partial charge in [-0.05, 0) is 43.4 Å². The lowest BCUT2D eigenvalue weighted by atomic mass is 9.77. The molecule has 1 atom stereocenters. The van der Waals surface area contributed by atoms with Crippen LogP contribution in [0.3, 0.4) is 0 Å². The molecule has 0 bridgehead atoms. The third-order valence-electron chi connectivity index (χ3n) is 4.82. The fourth-order valence-electron chi connectivity index (χ4n) is 3.20. The van der Waals surface area contributed by atoms with Gasteiger partial charge in [0.25, 0.3) is 0 Å². The Morgan fingerprint density at radius 1 is 1.39 bits per heavy atom. The van der Waals surface area contributed by atoms with Crippen LogP contribution in [0.4, 0.5) is 0 Å². The van der Waals surface area contributed by atoms with E-state index >= 15 is 0 Å². The normalized spacial score (nSPS) is 21.0. The third kappa shape index (κ3) is 4.03. The number of rotatable bonds is 6. The first-order chi connectivity index (χ1) is 11.0. The Balaban J connectivity index is 1.96. The van der Waals surface area contributed by atoms with Gasteiger partial charge in [-0.3, -0.25) is 9.59 Å². The van der Waals surface area contributed by atoms with Gasteiger partial charge in [0, 0.05) is 19.5 Å². The predicted octanol–water partition coefficient (Wildman–Crippen LogP) is 2.73. The number of aryl methyl sites for hydroxylation is 1. The van der Waals surface area contributed by atoms with Crippen LogP contribution in [0.2, 0.25) is 0 Å². The molecule has 1 heterocycles. The number of ether oxygens (including phenoxy) is 1. The molecule has 1 aromatic rings. The number of aliphatic carboxylic acids is 1. The molecule has 0 aliphatic carbocycles. The maximum Gasteiger partial charge on any atom is 0.311 e. The van der Waals surface area contributed by atoms with Crippen molar-refractivity contribution in [2.45, 2.75) is 39.0 Å². The maximum atomic E-state index is 12.5. The molecule has 1 amide bonds. The number of amides is 1. The molecule has 0 unspecified atom stereocenters. The zero-order valence-corrected chi connectivity index (χ0v) is 13.9. The maximum absolute atomic E-state index is 12.5. The summed E-state index contributed by atoms with van der Waals surface area (Å²) in [5.74, 6) is 0.0284. The molecule has 0 radical (unpaired) electrons. The topological polar surface area (TPSA) is 66.8 Å². The predicted molar refractivity (Wildman–Crippen MR) is 87.5 cm³/mol. The van der Waals surface area contributed by atoms with E-state index in [0.29, 0.717) is 38.8 Å². The Bertz CT molecular complexity index is 572. The van der Waals surface area contributed by atoms with E-state index in [1.54, 1.807) is 12.0 Å². The van der Waals surface area contributed by atoms with Gasteiger partial charge >= 0.3 is 5.97 Å². The number of hydrogen-bond acceptors (Lipinski definition) is 3. The van der Waals surface area contributed by atoms with E-state index < -0.39 is 11.4 Å². The van der Waals surface area contributed by atoms with Gasteiger partial charge in [-0.1, -0.05) is 19.1 Å². The number of piperidine rings is 1. The standard InChI is InChI=1S/C18H25NO4/c1-3-18(17(21)22)10-5-11-19(13-18)16(20)9-8-14-6-4-7-15(12-14)23-2/h4,6-7,12H,3,5,8-11,13H2,1-2H3,(H,21,22)/t18-/m0/s1. The Hall–Kier alpha value is -2.04. The van der Waals surface area contributed by atoms with Gasteiger partial charge in [-0.25, -0.2) is 0 Å². The minimum atomic E-state index is -0.787. The van der Waals surface area contributed by atoms with Gasteiger partial charge in [0.2, 0.25) is 5.91 Å². The summed E-state index contributed by atoms with van der Waals surface area (Å²) in [6, 6.07) is 7.68. The molecule has 1 saturated heterocycles. The molecule has 1 N–H and O–H groups in total. The van der Waals surface area contributed by atoms with Gasteiger partial charge < -0.3 is 14.7 Å². The van der Waals surface area contributed by atoms with Crippen molar-refractivity contribution in [1.82, 2.24) is 4.90 Å². The van der Waals surface area contributed by atoms with Crippen LogP contribution in [0.5, 0.6) is 5.75 Å². The highest BCUT2D eigenvalue weighted by Crippen LogP contribution is 2.34. The number of carboxylic acid groups (broad SMARTS) is 1. The summed E-state index contributed by atoms with van der Waals surface area (Å²) in [5, 5.41) is 9.50. The van der Waals surface area contributed by atoms with Crippen LogP contribution in [0, 0.1) is 5.41 Å². The Labute approximate surface area is 137 Å². The van der Waals surface area contributed by atoms with Crippen LogP contribution < -0.4 is 4.74 Å². The van der Waals surface area contributed by atoms with Crippen LogP contribution >= 0.6 is 0 Å². The lowest BCUT2D eigenvalue weighted by molar-refractivity contribution is -0.155. The van der Waals surface area contributed by atoms with E-state index in [0.717, 1.165) is 17.7 Å². The first-order valence-electron chi connectivity index (χ1n) is 8.15. The van der Waals surface area contributed by atoms with Gasteiger partial charge in [-0.2, -0.15) is 0 Å². The van der Waals surface area contributed by atoms with Crippen LogP contribution in [-0.2, 0) is 16.0 Å². The summed E-state index contributed by atoms with van der Waals surface area (Å²) in [7, 11) is 1.62. The van der Waals surface area contributed by atoms with Crippen molar-refractivity contribution in [2.75, 3.05) is 20.2 Å². The molecule has 0 aromatic heterocycles. The van der Waals surface area contributed by atoms with Gasteiger partial charge in [-0.15, -0.1) is 0 Å². The summed E-state index contributed by atoms with van der Waals surface area (Å²) < 4.78 is 5.19. The average molecular weight is 319 g/mol. The van der Waals surface area contributed by atoms with E-state index in [4.69, 9.17) is 4.74 Å². The number of benzene rings is 1. The van der Waals surface area contributed by atoms with Crippen molar-refractivity contribution >= 4 is 11.9 Å². The Kier molecular flexibility index (Phi) is 5.64. The summed E-state index contributed by atoms with van der Waals surface area (Å²) in [4.78, 5) is 25.8. The number of methoxy groups -OCH3 is 1. The molecule has 1 aromatic carbocycles. The summed E-state index contributed by atoms with van der Waals surface area (Å²) in [6.07, 6.45) is 3.00. The first-order valence-corrected chi connectivity index (χ1v) is 8.15. The molecule has 126 valence electrons. The second-order valence-corrected chi connectivity index (χ2v) is 6.21. The van der Waals surface area contributed by atoms with Gasteiger partial charge in [0.1, 0.15) is 5.75 Å². The van der Waals surface area contributed by atoms with Crippen molar-refractivity contribution in [3.63, 3.8) is 0 Å². The molecule has 5 nitrogen and oxygen atoms in total. The van der Waals surface area contributed by atoms with Crippen molar-refractivity contribution in [1.29, 1.82) is 0 Å². The Morgan fingerprint density at radius 3 is 2.83 bits per heavy atom. The zero-order valence-electron chi connectivity index (χ0n) is 13.9. The fraction of sp³-hybridized carbons (Fsp3) is 0.556. The molecule has 0 saturated carbocycles. The van der Waals surface area contributed by atoms with Gasteiger partial charge in [0.05, 0.1) is 12.5 Å². The van der Waals surface area contributed by atoms with Crippen LogP contribution in [0.25, 0.3) is 0 Å². The largest absolute Gasteiger partial charge is 0.497 e. The average Bonchev–Trinajstić information content (AvgIpc) is 2.59. The number of carboxylic acids is 1. The zero-order chi connectivity index (χ0) is 16.9. The monoisotopic (exact) mass is 319 g/mol. The van der Waals surface area contributed by atoms with E-state index in [1.807, 2.05) is 31.2 Å². The molecular formula is C18H25NO4. The smallest absolute Gasteiger partial charge is 0.311 e. The van der Waals surface area contributed by atoms with E-state index in [9.17, 15) is 14.7 Å². The third-order valence-corrected chi connectivity index (χ3v) is 4.82. The van der Waals surface area contributed by atoms with Gasteiger partial charge in [0.15, 0.2) is 0 Å². The summed E-state index contributed by atoms with van der Waals surface area (Å²) >= 11 is 0. The molecule has 5 heteroatoms. The van der Waals surface area contributed by atoms with E-state index in [-0.39, 0.29) is 5.91 Å². The second kappa shape index (κ2) is 7.49. The quantitative estimate of drug-likeness (QED) is 0.875. The number of carbonyl (C=O) groups is 2. The second-order valence-electron chi connectivity index (χ2n) is 6.21. The summed E-state index contributed by atoms with van der Waals surface area (Å²) in [6.45, 7) is 2.88. The van der Waals surface area contributed by atoms with Crippen LogP contribution in [-0.4, -0.2) is 42.1 Å². The molecule has 1 aliphatic rings. The Morgan fingerprint density at radius 2 is 2.17 bits per heavy atom. The minimum Gasteiger partial charge on any atom is -0.497 e. The number of hydrogen-bond donors (Lipinski definition) is 1. The highest BCUT2D eigenvalue weighted by atomic mass is 16.5. The molecule has 1 aliphatic heterocycles. The van der Waals surface area contributed by atoms with Crippen LogP contribution in [0.1, 0.15) is 38.2 Å². The molecule has 1 fully saturated rings. The van der Waals surface area contributed by atoms with Crippen molar-refractivity contribution in [3.8, 4) is 5.75 Å². The lowest BCUT2D eigenvalue weighted by Crippen LogP contribution is -2.49. The van der Waals surface area contributed by atoms with Crippen LogP contribution in [0.15, 0.2) is 24.3 Å². The molecule has 2 rings (SSSR count). The SMILES string of the molecule is CC[C@]1(C(=O)O)CCCN(C(=O)CCc2cccc(OC)c2)C1.